The molecule has 2 atom stereocenters. The number of hydrogen-bond donors (Lipinski definition) is 3. The Labute approximate surface area is 291 Å². The molecular weight excluding hydrogens is 631 g/mol. The molecule has 0 saturated heterocycles. The molecule has 48 heavy (non-hydrogen) atoms. The van der Waals surface area contributed by atoms with E-state index < -0.39 is 38.6 Å². The van der Waals surface area contributed by atoms with Crippen molar-refractivity contribution in [1.29, 1.82) is 0 Å². The summed E-state index contributed by atoms with van der Waals surface area (Å²) in [4.78, 5) is 42.6. The number of phosphoric acid groups is 1. The van der Waals surface area contributed by atoms with Crippen molar-refractivity contribution >= 4 is 19.8 Å². The van der Waals surface area contributed by atoms with Crippen molar-refractivity contribution in [2.24, 2.45) is 0 Å². The third kappa shape index (κ3) is 35.3. The lowest BCUT2D eigenvalue weighted by Gasteiger charge is -2.18. The van der Waals surface area contributed by atoms with E-state index in [1.54, 1.807) is 6.08 Å². The van der Waals surface area contributed by atoms with E-state index in [9.17, 15) is 19.3 Å². The zero-order chi connectivity index (χ0) is 35.6. The van der Waals surface area contributed by atoms with Crippen molar-refractivity contribution in [2.45, 2.75) is 167 Å². The summed E-state index contributed by atoms with van der Waals surface area (Å²) in [6.45, 7) is 3.51. The van der Waals surface area contributed by atoms with Crippen LogP contribution in [-0.2, 0) is 28.2 Å². The Morgan fingerprint density at radius 2 is 1.21 bits per heavy atom. The fraction of sp³-hybridized carbons (Fsp3) is 0.737. The van der Waals surface area contributed by atoms with E-state index >= 15 is 0 Å². The number of ether oxygens (including phenoxy) is 2. The molecule has 3 N–H and O–H groups in total. The van der Waals surface area contributed by atoms with Crippen molar-refractivity contribution in [1.82, 2.24) is 0 Å². The van der Waals surface area contributed by atoms with Crippen LogP contribution in [0.3, 0.4) is 0 Å². The van der Waals surface area contributed by atoms with Gasteiger partial charge in [0, 0.05) is 12.8 Å². The number of phosphoric ester groups is 1. The Morgan fingerprint density at radius 1 is 0.646 bits per heavy atom. The van der Waals surface area contributed by atoms with Crippen LogP contribution in [0.1, 0.15) is 155 Å². The van der Waals surface area contributed by atoms with Crippen molar-refractivity contribution in [2.75, 3.05) is 13.2 Å². The van der Waals surface area contributed by atoms with Gasteiger partial charge in [-0.1, -0.05) is 146 Å². The molecule has 9 nitrogen and oxygen atoms in total. The number of aliphatic hydroxyl groups is 1. The first-order valence-electron chi connectivity index (χ1n) is 18.5. The van der Waals surface area contributed by atoms with Gasteiger partial charge >= 0.3 is 19.8 Å². The number of allylic oxidation sites excluding steroid dienone is 6. The van der Waals surface area contributed by atoms with E-state index in [4.69, 9.17) is 19.3 Å². The quantitative estimate of drug-likeness (QED) is 0.0201. The highest BCUT2D eigenvalue weighted by molar-refractivity contribution is 7.46. The molecule has 0 aliphatic carbocycles. The Bertz CT molecular complexity index is 938. The smallest absolute Gasteiger partial charge is 0.462 e. The van der Waals surface area contributed by atoms with Crippen molar-refractivity contribution in [3.63, 3.8) is 0 Å². The third-order valence-corrected chi connectivity index (χ3v) is 8.17. The van der Waals surface area contributed by atoms with E-state index in [0.717, 1.165) is 25.7 Å². The predicted octanol–water partition coefficient (Wildman–Crippen LogP) is 9.76. The second-order valence-corrected chi connectivity index (χ2v) is 13.6. The fourth-order valence-corrected chi connectivity index (χ4v) is 5.22. The van der Waals surface area contributed by atoms with Crippen LogP contribution in [0.5, 0.6) is 0 Å². The number of hydrogen-bond acceptors (Lipinski definition) is 7. The average Bonchev–Trinajstić information content (AvgIpc) is 3.04. The first-order valence-corrected chi connectivity index (χ1v) is 20.1. The van der Waals surface area contributed by atoms with Gasteiger partial charge in [-0.15, -0.1) is 0 Å². The van der Waals surface area contributed by atoms with Gasteiger partial charge in [0.05, 0.1) is 12.7 Å². The largest absolute Gasteiger partial charge is 0.469 e. The van der Waals surface area contributed by atoms with Gasteiger partial charge in [0.15, 0.2) is 6.10 Å². The summed E-state index contributed by atoms with van der Waals surface area (Å²) in [5.74, 6) is -0.991. The Hall–Kier alpha value is -2.03. The van der Waals surface area contributed by atoms with Crippen LogP contribution in [0, 0.1) is 0 Å². The molecule has 0 fully saturated rings. The standard InChI is InChI=1S/C38H67O9P/c1-3-5-7-9-11-12-13-14-15-19-23-27-31-37(40)45-33-36(34-46-48(42,43)44)47-38(41)32-28-24-20-17-16-18-22-26-30-35(39)29-25-21-10-8-6-4-2/h17-18,20-22,25-26,30,35-36,39H,3-16,19,23-24,27-29,31-34H2,1-2H3,(H2,42,43,44)/b20-17-,22-18-,25-21-,30-26+/t35-,36+/m0/s1. The highest BCUT2D eigenvalue weighted by Gasteiger charge is 2.22. The molecule has 0 unspecified atom stereocenters. The molecule has 278 valence electrons. The fourth-order valence-electron chi connectivity index (χ4n) is 4.86. The zero-order valence-corrected chi connectivity index (χ0v) is 30.9. The summed E-state index contributed by atoms with van der Waals surface area (Å²) in [5.41, 5.74) is 0. The molecule has 0 aromatic rings. The summed E-state index contributed by atoms with van der Waals surface area (Å²) < 4.78 is 26.2. The van der Waals surface area contributed by atoms with Crippen molar-refractivity contribution in [3.8, 4) is 0 Å². The number of aliphatic hydroxyl groups excluding tert-OH is 1. The monoisotopic (exact) mass is 698 g/mol. The lowest BCUT2D eigenvalue weighted by molar-refractivity contribution is -0.161. The summed E-state index contributed by atoms with van der Waals surface area (Å²) in [5, 5.41) is 9.98. The molecule has 10 heteroatoms. The van der Waals surface area contributed by atoms with Crippen LogP contribution in [0.25, 0.3) is 0 Å². The van der Waals surface area contributed by atoms with Crippen LogP contribution in [0.15, 0.2) is 48.6 Å². The molecule has 0 heterocycles. The molecule has 0 radical (unpaired) electrons. The number of esters is 2. The maximum atomic E-state index is 12.3. The van der Waals surface area contributed by atoms with Gasteiger partial charge in [-0.3, -0.25) is 14.1 Å². The highest BCUT2D eigenvalue weighted by atomic mass is 31.2. The number of rotatable bonds is 33. The molecule has 0 aliphatic heterocycles. The summed E-state index contributed by atoms with van der Waals surface area (Å²) in [6, 6.07) is 0. The first-order chi connectivity index (χ1) is 23.2. The van der Waals surface area contributed by atoms with E-state index in [-0.39, 0.29) is 19.4 Å². The minimum atomic E-state index is -4.78. The molecule has 0 bridgehead atoms. The zero-order valence-electron chi connectivity index (χ0n) is 30.0. The molecule has 0 amide bonds. The second-order valence-electron chi connectivity index (χ2n) is 12.4. The van der Waals surface area contributed by atoms with E-state index in [1.807, 2.05) is 36.5 Å². The maximum Gasteiger partial charge on any atom is 0.469 e. The van der Waals surface area contributed by atoms with Gasteiger partial charge in [0.25, 0.3) is 0 Å². The van der Waals surface area contributed by atoms with Crippen LogP contribution in [0.4, 0.5) is 0 Å². The summed E-state index contributed by atoms with van der Waals surface area (Å²) in [6.07, 6.45) is 35.8. The molecule has 0 spiro atoms. The number of unbranched alkanes of at least 4 members (excludes halogenated alkanes) is 15. The van der Waals surface area contributed by atoms with E-state index in [1.165, 1.54) is 70.6 Å². The minimum Gasteiger partial charge on any atom is -0.462 e. The lowest BCUT2D eigenvalue weighted by atomic mass is 10.0. The van der Waals surface area contributed by atoms with Gasteiger partial charge < -0.3 is 24.4 Å². The summed E-state index contributed by atoms with van der Waals surface area (Å²) >= 11 is 0. The third-order valence-electron chi connectivity index (χ3n) is 7.68. The Balaban J connectivity index is 4.17. The number of carbonyl (C=O) groups excluding carboxylic acids is 2. The molecule has 0 aromatic carbocycles. The van der Waals surface area contributed by atoms with Gasteiger partial charge in [-0.2, -0.15) is 0 Å². The molecular formula is C38H67O9P. The van der Waals surface area contributed by atoms with Crippen molar-refractivity contribution < 1.29 is 43.0 Å². The normalized spacial score (nSPS) is 13.7. The van der Waals surface area contributed by atoms with Gasteiger partial charge in [-0.25, -0.2) is 4.57 Å². The molecule has 0 saturated carbocycles. The average molecular weight is 699 g/mol. The Morgan fingerprint density at radius 3 is 1.85 bits per heavy atom. The molecule has 0 aromatic heterocycles. The van der Waals surface area contributed by atoms with Gasteiger partial charge in [0.2, 0.25) is 0 Å². The Kier molecular flexibility index (Phi) is 32.1. The van der Waals surface area contributed by atoms with E-state index in [2.05, 4.69) is 24.4 Å². The van der Waals surface area contributed by atoms with Crippen LogP contribution in [0.2, 0.25) is 0 Å². The van der Waals surface area contributed by atoms with E-state index in [0.29, 0.717) is 32.1 Å². The topological polar surface area (TPSA) is 140 Å². The van der Waals surface area contributed by atoms with Gasteiger partial charge in [-0.05, 0) is 44.9 Å². The minimum absolute atomic E-state index is 0.104. The highest BCUT2D eigenvalue weighted by Crippen LogP contribution is 2.36. The molecule has 0 aliphatic rings. The van der Waals surface area contributed by atoms with Crippen LogP contribution >= 0.6 is 7.82 Å². The summed E-state index contributed by atoms with van der Waals surface area (Å²) in [7, 11) is -4.78. The second kappa shape index (κ2) is 33.5. The van der Waals surface area contributed by atoms with Crippen LogP contribution < -0.4 is 0 Å². The van der Waals surface area contributed by atoms with Crippen LogP contribution in [-0.4, -0.2) is 52.3 Å². The molecule has 0 rings (SSSR count). The predicted molar refractivity (Wildman–Crippen MR) is 194 cm³/mol. The maximum absolute atomic E-state index is 12.3. The van der Waals surface area contributed by atoms with Gasteiger partial charge in [0.1, 0.15) is 6.61 Å². The van der Waals surface area contributed by atoms with Crippen molar-refractivity contribution in [3.05, 3.63) is 48.6 Å². The lowest BCUT2D eigenvalue weighted by Crippen LogP contribution is -2.29. The number of carbonyl (C=O) groups is 2. The SMILES string of the molecule is CCCCC/C=C\C[C@H](O)/C=C/C=C\C/C=C\CCCC(=O)O[C@H](COC(=O)CCCCCCCCCCCCCC)COP(=O)(O)O. The first kappa shape index (κ1) is 46.0.